The van der Waals surface area contributed by atoms with E-state index in [1.165, 1.54) is 0 Å². The van der Waals surface area contributed by atoms with Gasteiger partial charge in [-0.25, -0.2) is 4.79 Å². The molecule has 2 amide bonds. The molecule has 1 aromatic carbocycles. The molecule has 1 aromatic rings. The maximum atomic E-state index is 12.0. The number of rotatable bonds is 3. The van der Waals surface area contributed by atoms with Crippen LogP contribution in [0, 0.1) is 8.99 Å². The molecule has 0 spiro atoms. The smallest absolute Gasteiger partial charge is 0.319 e. The molecule has 0 bridgehead atoms. The fourth-order valence-corrected chi connectivity index (χ4v) is 3.09. The number of carbonyl (C=O) groups is 2. The summed E-state index contributed by atoms with van der Waals surface area (Å²) in [6, 6.07) is 6.75. The summed E-state index contributed by atoms with van der Waals surface area (Å²) in [5.74, 6) is -0.852. The number of benzene rings is 1. The van der Waals surface area contributed by atoms with E-state index in [-0.39, 0.29) is 12.1 Å². The van der Waals surface area contributed by atoms with Gasteiger partial charge in [-0.1, -0.05) is 12.5 Å². The van der Waals surface area contributed by atoms with Crippen LogP contribution in [0.5, 0.6) is 0 Å². The van der Waals surface area contributed by atoms with Gasteiger partial charge in [-0.3, -0.25) is 4.79 Å². The van der Waals surface area contributed by atoms with Gasteiger partial charge in [0.15, 0.2) is 0 Å². The molecule has 6 heteroatoms. The molecule has 3 N–H and O–H groups in total. The number of carbonyl (C=O) groups excluding carboxylic acids is 1. The number of nitrogens with one attached hydrogen (secondary N) is 2. The van der Waals surface area contributed by atoms with Crippen molar-refractivity contribution >= 4 is 40.3 Å². The van der Waals surface area contributed by atoms with Crippen molar-refractivity contribution in [2.75, 3.05) is 5.32 Å². The van der Waals surface area contributed by atoms with Crippen molar-refractivity contribution in [2.45, 2.75) is 32.2 Å². The van der Waals surface area contributed by atoms with Crippen LogP contribution >= 0.6 is 22.6 Å². The monoisotopic (exact) mass is 388 g/mol. The predicted molar refractivity (Wildman–Crippen MR) is 84.7 cm³/mol. The van der Waals surface area contributed by atoms with Gasteiger partial charge in [0.25, 0.3) is 0 Å². The minimum absolute atomic E-state index is 0.331. The van der Waals surface area contributed by atoms with Crippen molar-refractivity contribution in [3.05, 3.63) is 27.8 Å². The Bertz CT molecular complexity index is 535. The molecule has 2 atom stereocenters. The molecule has 0 heterocycles. The molecule has 0 saturated heterocycles. The van der Waals surface area contributed by atoms with Crippen molar-refractivity contribution in [1.82, 2.24) is 5.32 Å². The van der Waals surface area contributed by atoms with Crippen LogP contribution in [-0.4, -0.2) is 23.1 Å². The Labute approximate surface area is 131 Å². The van der Waals surface area contributed by atoms with Gasteiger partial charge >= 0.3 is 12.0 Å². The van der Waals surface area contributed by atoms with E-state index in [4.69, 9.17) is 0 Å². The summed E-state index contributed by atoms with van der Waals surface area (Å²) in [5.41, 5.74) is -0.174. The van der Waals surface area contributed by atoms with Gasteiger partial charge in [-0.05, 0) is 60.6 Å². The summed E-state index contributed by atoms with van der Waals surface area (Å²) in [4.78, 5) is 23.3. The third-order valence-electron chi connectivity index (χ3n) is 3.83. The number of hydrogen-bond donors (Lipinski definition) is 3. The third kappa shape index (κ3) is 3.23. The van der Waals surface area contributed by atoms with E-state index in [1.807, 2.05) is 18.2 Å². The topological polar surface area (TPSA) is 78.4 Å². The Morgan fingerprint density at radius 2 is 2.20 bits per heavy atom. The summed E-state index contributed by atoms with van der Waals surface area (Å²) in [6.07, 6.45) is 2.11. The van der Waals surface area contributed by atoms with Crippen LogP contribution in [0.1, 0.15) is 26.2 Å². The van der Waals surface area contributed by atoms with Gasteiger partial charge in [-0.2, -0.15) is 0 Å². The highest BCUT2D eigenvalue weighted by Gasteiger charge is 2.45. The van der Waals surface area contributed by atoms with Gasteiger partial charge in [0.05, 0.1) is 5.41 Å². The van der Waals surface area contributed by atoms with Crippen LogP contribution in [-0.2, 0) is 4.79 Å². The first kappa shape index (κ1) is 15.1. The van der Waals surface area contributed by atoms with E-state index in [0.717, 1.165) is 9.99 Å². The van der Waals surface area contributed by atoms with Gasteiger partial charge < -0.3 is 15.7 Å². The first-order valence-electron chi connectivity index (χ1n) is 6.48. The largest absolute Gasteiger partial charge is 0.481 e. The number of amides is 2. The molecule has 1 fully saturated rings. The number of aliphatic carboxylic acids is 1. The van der Waals surface area contributed by atoms with Crippen molar-refractivity contribution < 1.29 is 14.7 Å². The molecule has 108 valence electrons. The SMILES string of the molecule is CC1(C(=O)O)CCCC1NC(=O)Nc1cccc(I)c1. The normalized spacial score (nSPS) is 25.2. The second-order valence-corrected chi connectivity index (χ2v) is 6.52. The van der Waals surface area contributed by atoms with Crippen LogP contribution in [0.3, 0.4) is 0 Å². The molecule has 1 aliphatic rings. The Morgan fingerprint density at radius 3 is 2.85 bits per heavy atom. The van der Waals surface area contributed by atoms with E-state index in [1.54, 1.807) is 13.0 Å². The molecular weight excluding hydrogens is 371 g/mol. The Balaban J connectivity index is 2.00. The van der Waals surface area contributed by atoms with E-state index in [2.05, 4.69) is 33.2 Å². The zero-order chi connectivity index (χ0) is 14.8. The zero-order valence-electron chi connectivity index (χ0n) is 11.1. The van der Waals surface area contributed by atoms with Crippen molar-refractivity contribution in [3.63, 3.8) is 0 Å². The van der Waals surface area contributed by atoms with Crippen molar-refractivity contribution in [2.24, 2.45) is 5.41 Å². The summed E-state index contributed by atoms with van der Waals surface area (Å²) >= 11 is 2.17. The van der Waals surface area contributed by atoms with Crippen LogP contribution < -0.4 is 10.6 Å². The maximum Gasteiger partial charge on any atom is 0.319 e. The minimum Gasteiger partial charge on any atom is -0.481 e. The summed E-state index contributed by atoms with van der Waals surface area (Å²) < 4.78 is 1.02. The van der Waals surface area contributed by atoms with Gasteiger partial charge in [0.1, 0.15) is 0 Å². The van der Waals surface area contributed by atoms with Gasteiger partial charge in [0.2, 0.25) is 0 Å². The Kier molecular flexibility index (Phi) is 4.52. The van der Waals surface area contributed by atoms with Crippen LogP contribution in [0.2, 0.25) is 0 Å². The third-order valence-corrected chi connectivity index (χ3v) is 4.51. The van der Waals surface area contributed by atoms with E-state index in [9.17, 15) is 14.7 Å². The van der Waals surface area contributed by atoms with E-state index >= 15 is 0 Å². The molecule has 2 unspecified atom stereocenters. The average Bonchev–Trinajstić information content (AvgIpc) is 2.72. The van der Waals surface area contributed by atoms with Crippen LogP contribution in [0.25, 0.3) is 0 Å². The Hall–Kier alpha value is -1.31. The molecule has 0 radical (unpaired) electrons. The molecule has 0 aromatic heterocycles. The molecule has 1 aliphatic carbocycles. The molecular formula is C14H17IN2O3. The molecule has 1 saturated carbocycles. The molecule has 20 heavy (non-hydrogen) atoms. The van der Waals surface area contributed by atoms with Crippen molar-refractivity contribution in [1.29, 1.82) is 0 Å². The highest BCUT2D eigenvalue weighted by molar-refractivity contribution is 14.1. The first-order valence-corrected chi connectivity index (χ1v) is 7.56. The van der Waals surface area contributed by atoms with Gasteiger partial charge in [0, 0.05) is 15.3 Å². The maximum absolute atomic E-state index is 12.0. The molecule has 0 aliphatic heterocycles. The minimum atomic E-state index is -0.873. The second-order valence-electron chi connectivity index (χ2n) is 5.28. The number of anilines is 1. The quantitative estimate of drug-likeness (QED) is 0.697. The number of carboxylic acids is 1. The Morgan fingerprint density at radius 1 is 1.45 bits per heavy atom. The highest BCUT2D eigenvalue weighted by atomic mass is 127. The summed E-state index contributed by atoms with van der Waals surface area (Å²) in [6.45, 7) is 1.69. The predicted octanol–water partition coefficient (Wildman–Crippen LogP) is 3.06. The lowest BCUT2D eigenvalue weighted by atomic mass is 9.85. The first-order chi connectivity index (χ1) is 9.41. The number of carboxylic acid groups (broad SMARTS) is 1. The lowest BCUT2D eigenvalue weighted by Gasteiger charge is -2.27. The summed E-state index contributed by atoms with van der Waals surface area (Å²) in [5, 5.41) is 14.8. The molecule has 5 nitrogen and oxygen atoms in total. The van der Waals surface area contributed by atoms with E-state index < -0.39 is 11.4 Å². The lowest BCUT2D eigenvalue weighted by molar-refractivity contribution is -0.148. The van der Waals surface area contributed by atoms with Crippen molar-refractivity contribution in [3.8, 4) is 0 Å². The second kappa shape index (κ2) is 5.99. The zero-order valence-corrected chi connectivity index (χ0v) is 13.3. The van der Waals surface area contributed by atoms with Crippen LogP contribution in [0.15, 0.2) is 24.3 Å². The van der Waals surface area contributed by atoms with Crippen LogP contribution in [0.4, 0.5) is 10.5 Å². The van der Waals surface area contributed by atoms with E-state index in [0.29, 0.717) is 18.5 Å². The fraction of sp³-hybridized carbons (Fsp3) is 0.429. The lowest BCUT2D eigenvalue weighted by Crippen LogP contribution is -2.48. The highest BCUT2D eigenvalue weighted by Crippen LogP contribution is 2.38. The summed E-state index contributed by atoms with van der Waals surface area (Å²) in [7, 11) is 0. The number of urea groups is 1. The molecule has 2 rings (SSSR count). The fourth-order valence-electron chi connectivity index (χ4n) is 2.55. The number of halogens is 1. The van der Waals surface area contributed by atoms with Gasteiger partial charge in [-0.15, -0.1) is 0 Å². The average molecular weight is 388 g/mol. The standard InChI is InChI=1S/C14H17IN2O3/c1-14(12(18)19)7-3-6-11(14)17-13(20)16-10-5-2-4-9(15)8-10/h2,4-5,8,11H,3,6-7H2,1H3,(H,18,19)(H2,16,17,20). The number of hydrogen-bond acceptors (Lipinski definition) is 2.